The molecule has 0 radical (unpaired) electrons. The van der Waals surface area contributed by atoms with Crippen molar-refractivity contribution in [2.45, 2.75) is 18.0 Å². The van der Waals surface area contributed by atoms with Gasteiger partial charge in [0.15, 0.2) is 0 Å². The summed E-state index contributed by atoms with van der Waals surface area (Å²) in [4.78, 5) is 4.00. The number of nitrogens with one attached hydrogen (secondary N) is 1. The number of sulfonamides is 1. The molecule has 134 valence electrons. The molecule has 0 unspecified atom stereocenters. The van der Waals surface area contributed by atoms with Crippen LogP contribution in [0.2, 0.25) is 0 Å². The van der Waals surface area contributed by atoms with Crippen molar-refractivity contribution in [1.82, 2.24) is 9.29 Å². The minimum Gasteiger partial charge on any atom is -0.323 e. The zero-order valence-electron chi connectivity index (χ0n) is 14.1. The van der Waals surface area contributed by atoms with Crippen LogP contribution in [0.15, 0.2) is 84.0 Å². The van der Waals surface area contributed by atoms with Crippen LogP contribution in [0, 0.1) is 0 Å². The fourth-order valence-electron chi connectivity index (χ4n) is 2.64. The van der Waals surface area contributed by atoms with Gasteiger partial charge in [0.05, 0.1) is 5.69 Å². The van der Waals surface area contributed by atoms with Crippen LogP contribution in [0.5, 0.6) is 0 Å². The van der Waals surface area contributed by atoms with Crippen molar-refractivity contribution in [3.63, 3.8) is 0 Å². The first-order valence-corrected chi connectivity index (χ1v) is 9.54. The zero-order chi connectivity index (χ0) is 18.4. The zero-order valence-corrected chi connectivity index (χ0v) is 14.9. The van der Waals surface area contributed by atoms with E-state index in [0.29, 0.717) is 5.69 Å². The summed E-state index contributed by atoms with van der Waals surface area (Å²) in [5, 5.41) is 0. The Kier molecular flexibility index (Phi) is 5.62. The number of rotatable bonds is 7. The number of anilines is 1. The van der Waals surface area contributed by atoms with E-state index >= 15 is 0 Å². The maximum Gasteiger partial charge on any atom is 0.247 e. The number of hydrogen-bond donors (Lipinski definition) is 2. The standard InChI is InChI=1S/C19H20N4O2S/c20-22-18-11-12-21-13-19(18)26(24,25)23(14-16-7-3-1-4-8-16)15-17-9-5-2-6-10-17/h1-13H,14-15,20H2,(H,21,22). The molecular formula is C19H20N4O2S. The van der Waals surface area contributed by atoms with Crippen LogP contribution in [0.4, 0.5) is 5.69 Å². The molecule has 0 spiro atoms. The third kappa shape index (κ3) is 4.08. The molecule has 26 heavy (non-hydrogen) atoms. The van der Waals surface area contributed by atoms with Gasteiger partial charge in [-0.25, -0.2) is 8.42 Å². The average Bonchev–Trinajstić information content (AvgIpc) is 2.69. The highest BCUT2D eigenvalue weighted by molar-refractivity contribution is 7.89. The van der Waals surface area contributed by atoms with Crippen LogP contribution in [0.1, 0.15) is 11.1 Å². The molecule has 0 amide bonds. The summed E-state index contributed by atoms with van der Waals surface area (Å²) in [7, 11) is -3.81. The normalized spacial score (nSPS) is 11.5. The fraction of sp³-hybridized carbons (Fsp3) is 0.105. The van der Waals surface area contributed by atoms with Crippen molar-refractivity contribution >= 4 is 15.7 Å². The first-order chi connectivity index (χ1) is 12.6. The number of benzene rings is 2. The number of nitrogens with two attached hydrogens (primary N) is 1. The topological polar surface area (TPSA) is 88.3 Å². The lowest BCUT2D eigenvalue weighted by Crippen LogP contribution is -2.31. The van der Waals surface area contributed by atoms with Gasteiger partial charge in [-0.2, -0.15) is 4.31 Å². The largest absolute Gasteiger partial charge is 0.323 e. The molecule has 0 aliphatic rings. The van der Waals surface area contributed by atoms with Crippen molar-refractivity contribution in [2.75, 3.05) is 5.43 Å². The van der Waals surface area contributed by atoms with E-state index in [1.165, 1.54) is 22.8 Å². The van der Waals surface area contributed by atoms with E-state index in [4.69, 9.17) is 5.84 Å². The SMILES string of the molecule is NNc1ccncc1S(=O)(=O)N(Cc1ccccc1)Cc1ccccc1. The van der Waals surface area contributed by atoms with Gasteiger partial charge < -0.3 is 5.43 Å². The number of hydrogen-bond acceptors (Lipinski definition) is 5. The lowest BCUT2D eigenvalue weighted by molar-refractivity contribution is 0.401. The molecule has 6 nitrogen and oxygen atoms in total. The second-order valence-electron chi connectivity index (χ2n) is 5.76. The molecule has 0 fully saturated rings. The van der Waals surface area contributed by atoms with Gasteiger partial charge in [0.2, 0.25) is 10.0 Å². The lowest BCUT2D eigenvalue weighted by atomic mass is 10.2. The molecule has 1 aromatic heterocycles. The fourth-order valence-corrected chi connectivity index (χ4v) is 4.16. The molecule has 0 bridgehead atoms. The lowest BCUT2D eigenvalue weighted by Gasteiger charge is -2.23. The van der Waals surface area contributed by atoms with Crippen molar-refractivity contribution in [3.8, 4) is 0 Å². The van der Waals surface area contributed by atoms with E-state index < -0.39 is 10.0 Å². The Morgan fingerprint density at radius 3 is 1.92 bits per heavy atom. The van der Waals surface area contributed by atoms with E-state index in [2.05, 4.69) is 10.4 Å². The minimum absolute atomic E-state index is 0.0503. The molecule has 0 saturated heterocycles. The highest BCUT2D eigenvalue weighted by Gasteiger charge is 2.27. The molecule has 0 aliphatic heterocycles. The molecule has 0 saturated carbocycles. The van der Waals surface area contributed by atoms with Gasteiger partial charge in [-0.05, 0) is 17.2 Å². The Morgan fingerprint density at radius 2 is 1.42 bits per heavy atom. The first-order valence-electron chi connectivity index (χ1n) is 8.10. The third-order valence-electron chi connectivity index (χ3n) is 3.96. The Morgan fingerprint density at radius 1 is 0.885 bits per heavy atom. The van der Waals surface area contributed by atoms with Gasteiger partial charge in [0.25, 0.3) is 0 Å². The molecule has 3 rings (SSSR count). The smallest absolute Gasteiger partial charge is 0.247 e. The van der Waals surface area contributed by atoms with Crippen LogP contribution in [-0.2, 0) is 23.1 Å². The van der Waals surface area contributed by atoms with E-state index in [9.17, 15) is 8.42 Å². The Balaban J connectivity index is 2.01. The monoisotopic (exact) mass is 368 g/mol. The van der Waals surface area contributed by atoms with Crippen LogP contribution >= 0.6 is 0 Å². The Labute approximate surface area is 153 Å². The van der Waals surface area contributed by atoms with Crippen molar-refractivity contribution in [1.29, 1.82) is 0 Å². The molecular weight excluding hydrogens is 348 g/mol. The summed E-state index contributed by atoms with van der Waals surface area (Å²) in [6.07, 6.45) is 2.81. The van der Waals surface area contributed by atoms with Gasteiger partial charge in [0.1, 0.15) is 4.90 Å². The Bertz CT molecular complexity index is 906. The van der Waals surface area contributed by atoms with Crippen molar-refractivity contribution < 1.29 is 8.42 Å². The van der Waals surface area contributed by atoms with Gasteiger partial charge >= 0.3 is 0 Å². The predicted octanol–water partition coefficient (Wildman–Crippen LogP) is 2.76. The van der Waals surface area contributed by atoms with Crippen LogP contribution in [0.3, 0.4) is 0 Å². The molecule has 1 heterocycles. The van der Waals surface area contributed by atoms with Gasteiger partial charge in [-0.15, -0.1) is 0 Å². The van der Waals surface area contributed by atoms with E-state index in [1.54, 1.807) is 0 Å². The summed E-state index contributed by atoms with van der Waals surface area (Å²) >= 11 is 0. The number of aromatic nitrogens is 1. The highest BCUT2D eigenvalue weighted by atomic mass is 32.2. The molecule has 0 aliphatic carbocycles. The number of nitrogen functional groups attached to an aromatic ring is 1. The average molecular weight is 368 g/mol. The van der Waals surface area contributed by atoms with Gasteiger partial charge in [-0.3, -0.25) is 10.8 Å². The van der Waals surface area contributed by atoms with Gasteiger partial charge in [0, 0.05) is 25.5 Å². The molecule has 7 heteroatoms. The van der Waals surface area contributed by atoms with Crippen LogP contribution in [-0.4, -0.2) is 17.7 Å². The summed E-state index contributed by atoms with van der Waals surface area (Å²) in [6, 6.07) is 20.5. The van der Waals surface area contributed by atoms with Gasteiger partial charge in [-0.1, -0.05) is 60.7 Å². The van der Waals surface area contributed by atoms with Crippen LogP contribution in [0.25, 0.3) is 0 Å². The summed E-state index contributed by atoms with van der Waals surface area (Å²) < 4.78 is 28.0. The highest BCUT2D eigenvalue weighted by Crippen LogP contribution is 2.25. The number of hydrazine groups is 1. The van der Waals surface area contributed by atoms with Crippen molar-refractivity contribution in [2.24, 2.45) is 5.84 Å². The second-order valence-corrected chi connectivity index (χ2v) is 7.67. The summed E-state index contributed by atoms with van der Waals surface area (Å²) in [5.41, 5.74) is 4.55. The molecule has 2 aromatic carbocycles. The van der Waals surface area contributed by atoms with Crippen molar-refractivity contribution in [3.05, 3.63) is 90.3 Å². The number of nitrogens with zero attached hydrogens (tertiary/aromatic N) is 2. The maximum atomic E-state index is 13.3. The third-order valence-corrected chi connectivity index (χ3v) is 5.78. The van der Waals surface area contributed by atoms with E-state index in [1.807, 2.05) is 60.7 Å². The Hall–Kier alpha value is -2.74. The van der Waals surface area contributed by atoms with E-state index in [0.717, 1.165) is 11.1 Å². The minimum atomic E-state index is -3.81. The van der Waals surface area contributed by atoms with E-state index in [-0.39, 0.29) is 18.0 Å². The van der Waals surface area contributed by atoms with Crippen LogP contribution < -0.4 is 11.3 Å². The first kappa shape index (κ1) is 18.1. The maximum absolute atomic E-state index is 13.3. The molecule has 3 N–H and O–H groups in total. The molecule has 3 aromatic rings. The predicted molar refractivity (Wildman–Crippen MR) is 101 cm³/mol. The second kappa shape index (κ2) is 8.09. The molecule has 0 atom stereocenters. The summed E-state index contributed by atoms with van der Waals surface area (Å²) in [6.45, 7) is 0.494. The quantitative estimate of drug-likeness (QED) is 0.494. The summed E-state index contributed by atoms with van der Waals surface area (Å²) in [5.74, 6) is 5.49. The number of pyridine rings is 1.